The van der Waals surface area contributed by atoms with Crippen molar-refractivity contribution in [2.24, 2.45) is 0 Å². The summed E-state index contributed by atoms with van der Waals surface area (Å²) in [7, 11) is 0. The van der Waals surface area contributed by atoms with Gasteiger partial charge in [-0.2, -0.15) is 0 Å². The van der Waals surface area contributed by atoms with Gasteiger partial charge in [-0.15, -0.1) is 0 Å². The number of Topliss-reactive ketones (excluding diaryl/α,β-unsaturated/α-hetero) is 1. The van der Waals surface area contributed by atoms with Crippen molar-refractivity contribution in [1.29, 1.82) is 0 Å². The Morgan fingerprint density at radius 1 is 1.13 bits per heavy atom. The van der Waals surface area contributed by atoms with Gasteiger partial charge in [0.25, 0.3) is 0 Å². The molecule has 0 fully saturated rings. The molecule has 0 saturated heterocycles. The molecular formula is C18H14N2O3. The number of hydrogen-bond acceptors (Lipinski definition) is 5. The monoisotopic (exact) mass is 306 g/mol. The van der Waals surface area contributed by atoms with E-state index in [1.165, 1.54) is 13.1 Å². The minimum absolute atomic E-state index is 0.00662. The van der Waals surface area contributed by atoms with Crippen molar-refractivity contribution < 1.29 is 14.0 Å². The quantitative estimate of drug-likeness (QED) is 0.442. The molecule has 5 nitrogen and oxygen atoms in total. The highest BCUT2D eigenvalue weighted by molar-refractivity contribution is 6.06. The van der Waals surface area contributed by atoms with E-state index in [1.807, 2.05) is 18.2 Å². The fourth-order valence-corrected chi connectivity index (χ4v) is 2.10. The van der Waals surface area contributed by atoms with Crippen LogP contribution in [0.2, 0.25) is 0 Å². The summed E-state index contributed by atoms with van der Waals surface area (Å²) in [5, 5.41) is 3.00. The minimum Gasteiger partial charge on any atom is -0.436 e. The minimum atomic E-state index is 0.00662. The second-order valence-electron chi connectivity index (χ2n) is 4.98. The number of allylic oxidation sites excluding steroid dienone is 1. The first-order valence-electron chi connectivity index (χ1n) is 7.06. The number of nitrogens with one attached hydrogen (secondary N) is 1. The maximum absolute atomic E-state index is 11.3. The molecule has 1 aromatic heterocycles. The first-order chi connectivity index (χ1) is 11.2. The van der Waals surface area contributed by atoms with Crippen LogP contribution in [0.1, 0.15) is 23.2 Å². The van der Waals surface area contributed by atoms with E-state index in [1.54, 1.807) is 30.3 Å². The largest absolute Gasteiger partial charge is 0.436 e. The molecule has 1 heterocycles. The zero-order chi connectivity index (χ0) is 16.2. The standard InChI is InChI=1S/C18H14N2O3/c1-12(22)13-6-8-15(9-7-13)19-10-14(11-21)18-20-16-4-2-3-5-17(16)23-18/h2-11,19H,1H3/b14-10-. The highest BCUT2D eigenvalue weighted by Gasteiger charge is 2.09. The van der Waals surface area contributed by atoms with Crippen molar-refractivity contribution in [3.63, 3.8) is 0 Å². The predicted octanol–water partition coefficient (Wildman–Crippen LogP) is 3.68. The number of ketones is 1. The van der Waals surface area contributed by atoms with Gasteiger partial charge in [0.15, 0.2) is 17.7 Å². The van der Waals surface area contributed by atoms with E-state index in [2.05, 4.69) is 10.3 Å². The van der Waals surface area contributed by atoms with Crippen LogP contribution in [0.15, 0.2) is 59.1 Å². The number of para-hydroxylation sites is 2. The molecule has 0 bridgehead atoms. The molecule has 0 aliphatic carbocycles. The highest BCUT2D eigenvalue weighted by atomic mass is 16.3. The number of hydrogen-bond donors (Lipinski definition) is 1. The number of aromatic nitrogens is 1. The lowest BCUT2D eigenvalue weighted by molar-refractivity contribution is -0.103. The van der Waals surface area contributed by atoms with Crippen molar-refractivity contribution in [2.45, 2.75) is 6.92 Å². The van der Waals surface area contributed by atoms with Gasteiger partial charge in [0, 0.05) is 17.5 Å². The number of benzene rings is 2. The Balaban J connectivity index is 1.83. The Morgan fingerprint density at radius 2 is 1.87 bits per heavy atom. The van der Waals surface area contributed by atoms with E-state index in [4.69, 9.17) is 4.42 Å². The third kappa shape index (κ3) is 3.18. The van der Waals surface area contributed by atoms with E-state index in [-0.39, 0.29) is 11.7 Å². The molecule has 2 aromatic carbocycles. The zero-order valence-corrected chi connectivity index (χ0v) is 12.4. The van der Waals surface area contributed by atoms with Crippen LogP contribution in [-0.4, -0.2) is 17.1 Å². The van der Waals surface area contributed by atoms with Gasteiger partial charge in [-0.25, -0.2) is 4.98 Å². The first-order valence-corrected chi connectivity index (χ1v) is 7.06. The second-order valence-corrected chi connectivity index (χ2v) is 4.98. The van der Waals surface area contributed by atoms with E-state index in [9.17, 15) is 9.59 Å². The number of nitrogens with zero attached hydrogens (tertiary/aromatic N) is 1. The lowest BCUT2D eigenvalue weighted by atomic mass is 10.1. The van der Waals surface area contributed by atoms with Gasteiger partial charge in [0.05, 0.1) is 5.57 Å². The number of oxazole rings is 1. The van der Waals surface area contributed by atoms with Crippen LogP contribution in [0, 0.1) is 0 Å². The molecule has 0 amide bonds. The van der Waals surface area contributed by atoms with Gasteiger partial charge >= 0.3 is 0 Å². The molecule has 0 radical (unpaired) electrons. The number of aldehydes is 1. The molecule has 5 heteroatoms. The molecule has 1 N–H and O–H groups in total. The van der Waals surface area contributed by atoms with Gasteiger partial charge in [0.1, 0.15) is 5.52 Å². The lowest BCUT2D eigenvalue weighted by Gasteiger charge is -2.02. The second kappa shape index (κ2) is 6.27. The van der Waals surface area contributed by atoms with Gasteiger partial charge in [-0.05, 0) is 43.3 Å². The number of carbonyl (C=O) groups excluding carboxylic acids is 2. The maximum atomic E-state index is 11.3. The van der Waals surface area contributed by atoms with Crippen LogP contribution in [0.25, 0.3) is 16.7 Å². The third-order valence-corrected chi connectivity index (χ3v) is 3.35. The smallest absolute Gasteiger partial charge is 0.232 e. The van der Waals surface area contributed by atoms with E-state index < -0.39 is 0 Å². The highest BCUT2D eigenvalue weighted by Crippen LogP contribution is 2.20. The van der Waals surface area contributed by atoms with Gasteiger partial charge < -0.3 is 9.73 Å². The Hall–Kier alpha value is -3.21. The number of rotatable bonds is 5. The number of anilines is 1. The fraction of sp³-hybridized carbons (Fsp3) is 0.0556. The predicted molar refractivity (Wildman–Crippen MR) is 88.1 cm³/mol. The summed E-state index contributed by atoms with van der Waals surface area (Å²) in [5.74, 6) is 0.265. The molecule has 0 aliphatic heterocycles. The van der Waals surface area contributed by atoms with Gasteiger partial charge in [-0.1, -0.05) is 12.1 Å². The van der Waals surface area contributed by atoms with E-state index >= 15 is 0 Å². The molecule has 0 atom stereocenters. The number of carbonyl (C=O) groups is 2. The van der Waals surface area contributed by atoms with Crippen LogP contribution in [-0.2, 0) is 4.79 Å². The Labute approximate surface area is 132 Å². The molecule has 23 heavy (non-hydrogen) atoms. The molecule has 0 saturated carbocycles. The summed E-state index contributed by atoms with van der Waals surface area (Å²) >= 11 is 0. The van der Waals surface area contributed by atoms with E-state index in [0.717, 1.165) is 5.69 Å². The molecular weight excluding hydrogens is 292 g/mol. The number of fused-ring (bicyclic) bond motifs is 1. The SMILES string of the molecule is CC(=O)c1ccc(N/C=C(/C=O)c2nc3ccccc3o2)cc1. The molecule has 3 rings (SSSR count). The summed E-state index contributed by atoms with van der Waals surface area (Å²) < 4.78 is 5.56. The fourth-order valence-electron chi connectivity index (χ4n) is 2.10. The van der Waals surface area contributed by atoms with Crippen molar-refractivity contribution in [3.8, 4) is 0 Å². The molecule has 114 valence electrons. The van der Waals surface area contributed by atoms with Crippen molar-refractivity contribution in [2.75, 3.05) is 5.32 Å². The lowest BCUT2D eigenvalue weighted by Crippen LogP contribution is -1.95. The van der Waals surface area contributed by atoms with Crippen LogP contribution in [0.4, 0.5) is 5.69 Å². The van der Waals surface area contributed by atoms with Gasteiger partial charge in [0.2, 0.25) is 5.89 Å². The molecule has 0 spiro atoms. The van der Waals surface area contributed by atoms with Gasteiger partial charge in [-0.3, -0.25) is 9.59 Å². The zero-order valence-electron chi connectivity index (χ0n) is 12.4. The average molecular weight is 306 g/mol. The first kappa shape index (κ1) is 14.7. The van der Waals surface area contributed by atoms with Crippen LogP contribution >= 0.6 is 0 Å². The van der Waals surface area contributed by atoms with Crippen molar-refractivity contribution in [1.82, 2.24) is 4.98 Å². The normalized spacial score (nSPS) is 11.4. The molecule has 0 unspecified atom stereocenters. The summed E-state index contributed by atoms with van der Waals surface area (Å²) in [6, 6.07) is 14.3. The summed E-state index contributed by atoms with van der Waals surface area (Å²) in [6.07, 6.45) is 2.21. The maximum Gasteiger partial charge on any atom is 0.232 e. The van der Waals surface area contributed by atoms with Crippen molar-refractivity contribution >= 4 is 34.4 Å². The average Bonchev–Trinajstić information content (AvgIpc) is 2.99. The van der Waals surface area contributed by atoms with Crippen LogP contribution in [0.5, 0.6) is 0 Å². The van der Waals surface area contributed by atoms with Crippen LogP contribution in [0.3, 0.4) is 0 Å². The summed E-state index contributed by atoms with van der Waals surface area (Å²) in [6.45, 7) is 1.51. The summed E-state index contributed by atoms with van der Waals surface area (Å²) in [5.41, 5.74) is 3.01. The Morgan fingerprint density at radius 3 is 2.52 bits per heavy atom. The molecule has 0 aliphatic rings. The van der Waals surface area contributed by atoms with Crippen molar-refractivity contribution in [3.05, 3.63) is 66.2 Å². The Kier molecular flexibility index (Phi) is 4.01. The topological polar surface area (TPSA) is 72.2 Å². The van der Waals surface area contributed by atoms with Crippen LogP contribution < -0.4 is 5.32 Å². The Bertz CT molecular complexity index is 859. The third-order valence-electron chi connectivity index (χ3n) is 3.35. The van der Waals surface area contributed by atoms with E-state index in [0.29, 0.717) is 28.5 Å². The molecule has 3 aromatic rings. The summed E-state index contributed by atoms with van der Waals surface area (Å²) in [4.78, 5) is 26.8.